The molecule has 0 heterocycles. The molecule has 0 saturated heterocycles. The van der Waals surface area contributed by atoms with Gasteiger partial charge in [0.05, 0.1) is 11.9 Å². The lowest BCUT2D eigenvalue weighted by Crippen LogP contribution is -2.50. The topological polar surface area (TPSA) is 86.8 Å². The van der Waals surface area contributed by atoms with Crippen molar-refractivity contribution in [1.29, 1.82) is 0 Å². The third-order valence-electron chi connectivity index (χ3n) is 6.66. The molecule has 0 radical (unpaired) electrons. The summed E-state index contributed by atoms with van der Waals surface area (Å²) in [6.45, 7) is 6.18. The number of benzene rings is 3. The monoisotopic (exact) mass is 617 g/mol. The van der Waals surface area contributed by atoms with E-state index in [9.17, 15) is 18.0 Å². The van der Waals surface area contributed by atoms with Gasteiger partial charge in [0.1, 0.15) is 6.04 Å². The van der Waals surface area contributed by atoms with Crippen LogP contribution in [0.2, 0.25) is 10.0 Å². The number of aryl methyl sites for hydroxylation is 2. The van der Waals surface area contributed by atoms with E-state index in [1.165, 1.54) is 9.21 Å². The van der Waals surface area contributed by atoms with Gasteiger partial charge in [-0.3, -0.25) is 13.9 Å². The average Bonchev–Trinajstić information content (AvgIpc) is 2.89. The minimum Gasteiger partial charge on any atom is -0.355 e. The molecular formula is C31H37Cl2N3O4S. The molecule has 1 atom stereocenters. The molecular weight excluding hydrogens is 581 g/mol. The molecule has 3 aromatic carbocycles. The molecule has 1 unspecified atom stereocenters. The van der Waals surface area contributed by atoms with Crippen molar-refractivity contribution in [3.05, 3.63) is 99.0 Å². The second kappa shape index (κ2) is 14.7. The van der Waals surface area contributed by atoms with Crippen molar-refractivity contribution in [3.8, 4) is 0 Å². The zero-order valence-electron chi connectivity index (χ0n) is 23.9. The van der Waals surface area contributed by atoms with Gasteiger partial charge < -0.3 is 10.2 Å². The van der Waals surface area contributed by atoms with Crippen LogP contribution in [-0.2, 0) is 32.6 Å². The van der Waals surface area contributed by atoms with E-state index in [1.54, 1.807) is 18.2 Å². The van der Waals surface area contributed by atoms with Crippen LogP contribution in [0.15, 0.2) is 66.7 Å². The number of likely N-dealkylation sites (N-methyl/N-ethyl adjacent to an activating group) is 1. The van der Waals surface area contributed by atoms with Crippen LogP contribution >= 0.6 is 23.2 Å². The maximum atomic E-state index is 13.9. The molecule has 0 aliphatic rings. The molecule has 0 aliphatic heterocycles. The first-order valence-corrected chi connectivity index (χ1v) is 16.1. The fourth-order valence-electron chi connectivity index (χ4n) is 4.80. The van der Waals surface area contributed by atoms with Gasteiger partial charge in [-0.25, -0.2) is 8.42 Å². The number of nitrogens with one attached hydrogen (secondary N) is 1. The number of amides is 2. The molecule has 0 aromatic heterocycles. The molecule has 3 aromatic rings. The Morgan fingerprint density at radius 1 is 0.927 bits per heavy atom. The normalized spacial score (nSPS) is 12.0. The van der Waals surface area contributed by atoms with Crippen LogP contribution in [0.5, 0.6) is 0 Å². The summed E-state index contributed by atoms with van der Waals surface area (Å²) >= 11 is 13.0. The van der Waals surface area contributed by atoms with E-state index in [-0.39, 0.29) is 37.7 Å². The van der Waals surface area contributed by atoms with Gasteiger partial charge >= 0.3 is 0 Å². The van der Waals surface area contributed by atoms with Crippen molar-refractivity contribution in [2.24, 2.45) is 0 Å². The first-order chi connectivity index (χ1) is 19.4. The average molecular weight is 619 g/mol. The largest absolute Gasteiger partial charge is 0.355 e. The summed E-state index contributed by atoms with van der Waals surface area (Å²) in [6, 6.07) is 19.3. The van der Waals surface area contributed by atoms with Crippen LogP contribution in [0.4, 0.5) is 5.69 Å². The Kier molecular flexibility index (Phi) is 11.6. The van der Waals surface area contributed by atoms with E-state index in [1.807, 2.05) is 69.3 Å². The summed E-state index contributed by atoms with van der Waals surface area (Å²) in [5.74, 6) is -0.595. The molecule has 2 amide bonds. The van der Waals surface area contributed by atoms with Gasteiger partial charge in [-0.15, -0.1) is 0 Å². The predicted octanol–water partition coefficient (Wildman–Crippen LogP) is 5.93. The molecule has 0 aliphatic carbocycles. The summed E-state index contributed by atoms with van der Waals surface area (Å²) < 4.78 is 26.7. The number of nitrogens with zero attached hydrogens (tertiary/aromatic N) is 2. The fourth-order valence-corrected chi connectivity index (χ4v) is 6.26. The predicted molar refractivity (Wildman–Crippen MR) is 167 cm³/mol. The number of sulfonamides is 1. The first-order valence-electron chi connectivity index (χ1n) is 13.5. The molecule has 10 heteroatoms. The van der Waals surface area contributed by atoms with Gasteiger partial charge in [0.15, 0.2) is 0 Å². The zero-order valence-corrected chi connectivity index (χ0v) is 26.2. The molecule has 220 valence electrons. The summed E-state index contributed by atoms with van der Waals surface area (Å²) in [4.78, 5) is 28.7. The Morgan fingerprint density at radius 2 is 1.54 bits per heavy atom. The van der Waals surface area contributed by atoms with Crippen molar-refractivity contribution in [3.63, 3.8) is 0 Å². The van der Waals surface area contributed by atoms with Gasteiger partial charge in [0.2, 0.25) is 21.8 Å². The highest BCUT2D eigenvalue weighted by Crippen LogP contribution is 2.28. The summed E-state index contributed by atoms with van der Waals surface area (Å²) in [6.07, 6.45) is 1.71. The van der Waals surface area contributed by atoms with Gasteiger partial charge in [-0.2, -0.15) is 0 Å². The van der Waals surface area contributed by atoms with E-state index < -0.39 is 16.1 Å². The van der Waals surface area contributed by atoms with Gasteiger partial charge in [-0.05, 0) is 68.1 Å². The number of carbonyl (C=O) groups excluding carboxylic acids is 2. The van der Waals surface area contributed by atoms with Crippen molar-refractivity contribution in [2.45, 2.75) is 52.6 Å². The van der Waals surface area contributed by atoms with Crippen LogP contribution < -0.4 is 9.62 Å². The maximum absolute atomic E-state index is 13.9. The van der Waals surface area contributed by atoms with E-state index >= 15 is 0 Å². The second-order valence-electron chi connectivity index (χ2n) is 10.1. The summed E-state index contributed by atoms with van der Waals surface area (Å²) in [5, 5.41) is 3.64. The zero-order chi connectivity index (χ0) is 30.2. The molecule has 0 spiro atoms. The smallest absolute Gasteiger partial charge is 0.243 e. The maximum Gasteiger partial charge on any atom is 0.243 e. The number of hydrogen-bond acceptors (Lipinski definition) is 4. The lowest BCUT2D eigenvalue weighted by atomic mass is 10.0. The number of carbonyl (C=O) groups is 2. The van der Waals surface area contributed by atoms with Crippen LogP contribution in [-0.4, -0.2) is 50.5 Å². The lowest BCUT2D eigenvalue weighted by molar-refractivity contribution is -0.141. The van der Waals surface area contributed by atoms with Crippen molar-refractivity contribution < 1.29 is 18.0 Å². The Balaban J connectivity index is 1.92. The van der Waals surface area contributed by atoms with E-state index in [0.29, 0.717) is 34.3 Å². The first kappa shape index (κ1) is 32.4. The van der Waals surface area contributed by atoms with Crippen LogP contribution in [0.3, 0.4) is 0 Å². The summed E-state index contributed by atoms with van der Waals surface area (Å²) in [7, 11) is -3.60. The molecule has 0 fully saturated rings. The Labute approximate surface area is 253 Å². The van der Waals surface area contributed by atoms with E-state index in [0.717, 1.165) is 22.9 Å². The Hall–Kier alpha value is -3.07. The van der Waals surface area contributed by atoms with E-state index in [2.05, 4.69) is 5.32 Å². The summed E-state index contributed by atoms with van der Waals surface area (Å²) in [5.41, 5.74) is 3.88. The molecule has 3 rings (SSSR count). The molecule has 0 bridgehead atoms. The standard InChI is InChI=1S/C31H37Cl2N3O4S/c1-5-34-31(38)29(20-24-11-7-6-8-12-24)35(21-26-27(32)13-9-14-28(26)33)30(37)15-10-16-36(41(4,39)40)25-18-22(2)17-23(3)19-25/h6-9,11-14,17-19,29H,5,10,15-16,20-21H2,1-4H3,(H,34,38). The van der Waals surface area contributed by atoms with Gasteiger partial charge in [0.25, 0.3) is 0 Å². The van der Waals surface area contributed by atoms with Crippen molar-refractivity contribution in [1.82, 2.24) is 10.2 Å². The third-order valence-corrected chi connectivity index (χ3v) is 8.56. The second-order valence-corrected chi connectivity index (χ2v) is 12.8. The van der Waals surface area contributed by atoms with Crippen molar-refractivity contribution in [2.75, 3.05) is 23.7 Å². The highest BCUT2D eigenvalue weighted by molar-refractivity contribution is 7.92. The van der Waals surface area contributed by atoms with Crippen LogP contribution in [0.1, 0.15) is 42.0 Å². The van der Waals surface area contributed by atoms with Gasteiger partial charge in [-0.1, -0.05) is 65.7 Å². The Bertz CT molecular complexity index is 1420. The highest BCUT2D eigenvalue weighted by atomic mass is 35.5. The number of anilines is 1. The van der Waals surface area contributed by atoms with Gasteiger partial charge in [0, 0.05) is 48.1 Å². The van der Waals surface area contributed by atoms with Crippen LogP contribution in [0, 0.1) is 13.8 Å². The fraction of sp³-hybridized carbons (Fsp3) is 0.355. The molecule has 7 nitrogen and oxygen atoms in total. The Morgan fingerprint density at radius 3 is 2.10 bits per heavy atom. The minimum atomic E-state index is -3.60. The molecule has 41 heavy (non-hydrogen) atoms. The number of halogens is 2. The van der Waals surface area contributed by atoms with Crippen LogP contribution in [0.25, 0.3) is 0 Å². The number of hydrogen-bond donors (Lipinski definition) is 1. The highest BCUT2D eigenvalue weighted by Gasteiger charge is 2.31. The SMILES string of the molecule is CCNC(=O)C(Cc1ccccc1)N(Cc1c(Cl)cccc1Cl)C(=O)CCCN(c1cc(C)cc(C)c1)S(C)(=O)=O. The molecule has 0 saturated carbocycles. The molecule has 1 N–H and O–H groups in total. The lowest BCUT2D eigenvalue weighted by Gasteiger charge is -2.32. The number of rotatable bonds is 13. The third kappa shape index (κ3) is 9.21. The van der Waals surface area contributed by atoms with Crippen molar-refractivity contribution >= 4 is 50.7 Å². The quantitative estimate of drug-likeness (QED) is 0.257. The van der Waals surface area contributed by atoms with E-state index in [4.69, 9.17) is 23.2 Å². The minimum absolute atomic E-state index is 0.0174.